The molecule has 0 saturated heterocycles. The van der Waals surface area contributed by atoms with Gasteiger partial charge < -0.3 is 5.73 Å². The van der Waals surface area contributed by atoms with Crippen LogP contribution in [-0.4, -0.2) is 28.7 Å². The van der Waals surface area contributed by atoms with Crippen molar-refractivity contribution in [3.8, 4) is 0 Å². The predicted octanol–water partition coefficient (Wildman–Crippen LogP) is 1.41. The summed E-state index contributed by atoms with van der Waals surface area (Å²) in [4.78, 5) is 8.08. The maximum absolute atomic E-state index is 12.8. The largest absolute Gasteiger partial charge is 0.384 e. The van der Waals surface area contributed by atoms with Gasteiger partial charge in [-0.05, 0) is 36.6 Å². The molecule has 2 aromatic heterocycles. The van der Waals surface area contributed by atoms with Gasteiger partial charge >= 0.3 is 0 Å². The Morgan fingerprint density at radius 3 is 2.62 bits per heavy atom. The maximum atomic E-state index is 12.8. The van der Waals surface area contributed by atoms with Crippen LogP contribution in [0.1, 0.15) is 18.4 Å². The minimum atomic E-state index is -3.57. The first-order valence-electron chi connectivity index (χ1n) is 6.69. The lowest BCUT2D eigenvalue weighted by atomic mass is 10.3. The van der Waals surface area contributed by atoms with Crippen LogP contribution in [0.25, 0.3) is 0 Å². The first-order chi connectivity index (χ1) is 10.1. The van der Waals surface area contributed by atoms with Crippen LogP contribution in [-0.2, 0) is 16.6 Å². The molecule has 1 aliphatic carbocycles. The molecule has 3 rings (SSSR count). The summed E-state index contributed by atoms with van der Waals surface area (Å²) in [7, 11) is -3.57. The van der Waals surface area contributed by atoms with Gasteiger partial charge in [0.15, 0.2) is 0 Å². The van der Waals surface area contributed by atoms with Crippen molar-refractivity contribution >= 4 is 15.8 Å². The summed E-state index contributed by atoms with van der Waals surface area (Å²) >= 11 is 0. The summed E-state index contributed by atoms with van der Waals surface area (Å²) in [6, 6.07) is 6.74. The van der Waals surface area contributed by atoms with E-state index in [2.05, 4.69) is 9.97 Å². The van der Waals surface area contributed by atoms with Crippen LogP contribution in [0.4, 0.5) is 5.82 Å². The number of aromatic nitrogens is 2. The fourth-order valence-electron chi connectivity index (χ4n) is 2.12. The summed E-state index contributed by atoms with van der Waals surface area (Å²) < 4.78 is 27.0. The Labute approximate surface area is 123 Å². The van der Waals surface area contributed by atoms with Gasteiger partial charge in [-0.3, -0.25) is 4.98 Å². The maximum Gasteiger partial charge on any atom is 0.245 e. The molecule has 1 saturated carbocycles. The van der Waals surface area contributed by atoms with Crippen molar-refractivity contribution in [1.82, 2.24) is 14.3 Å². The Balaban J connectivity index is 1.91. The van der Waals surface area contributed by atoms with Crippen molar-refractivity contribution in [2.24, 2.45) is 0 Å². The minimum Gasteiger partial charge on any atom is -0.384 e. The molecule has 2 heterocycles. The molecule has 21 heavy (non-hydrogen) atoms. The number of anilines is 1. The molecule has 6 nitrogen and oxygen atoms in total. The summed E-state index contributed by atoms with van der Waals surface area (Å²) in [6.45, 7) is 0.325. The van der Waals surface area contributed by atoms with Gasteiger partial charge in [-0.25, -0.2) is 13.4 Å². The first kappa shape index (κ1) is 14.0. The molecule has 0 unspecified atom stereocenters. The van der Waals surface area contributed by atoms with Gasteiger partial charge in [0, 0.05) is 31.2 Å². The standard InChI is InChI=1S/C14H16N4O2S/c15-14-6-5-13(9-17-14)21(19,20)18(12-3-4-12)10-11-2-1-7-16-8-11/h1-2,5-9,12H,3-4,10H2,(H2,15,17). The molecular weight excluding hydrogens is 288 g/mol. The molecular formula is C14H16N4O2S. The van der Waals surface area contributed by atoms with Crippen molar-refractivity contribution in [3.63, 3.8) is 0 Å². The molecule has 1 aliphatic rings. The van der Waals surface area contributed by atoms with E-state index in [9.17, 15) is 8.42 Å². The molecule has 0 amide bonds. The van der Waals surface area contributed by atoms with Crippen LogP contribution in [0.15, 0.2) is 47.8 Å². The van der Waals surface area contributed by atoms with E-state index in [4.69, 9.17) is 5.73 Å². The van der Waals surface area contributed by atoms with Crippen LogP contribution in [0.2, 0.25) is 0 Å². The summed E-state index contributed by atoms with van der Waals surface area (Å²) in [6.07, 6.45) is 6.45. The number of rotatable bonds is 5. The van der Waals surface area contributed by atoms with Gasteiger partial charge in [-0.15, -0.1) is 0 Å². The third-order valence-corrected chi connectivity index (χ3v) is 5.26. The second-order valence-electron chi connectivity index (χ2n) is 5.06. The molecule has 0 spiro atoms. The Morgan fingerprint density at radius 2 is 2.05 bits per heavy atom. The van der Waals surface area contributed by atoms with Crippen LogP contribution >= 0.6 is 0 Å². The summed E-state index contributed by atoms with van der Waals surface area (Å²) in [5.74, 6) is 0.305. The number of pyridine rings is 2. The van der Waals surface area contributed by atoms with E-state index in [0.29, 0.717) is 12.4 Å². The van der Waals surface area contributed by atoms with E-state index in [1.165, 1.54) is 22.6 Å². The van der Waals surface area contributed by atoms with Gasteiger partial charge in [0.05, 0.1) is 0 Å². The van der Waals surface area contributed by atoms with E-state index >= 15 is 0 Å². The van der Waals surface area contributed by atoms with E-state index < -0.39 is 10.0 Å². The highest BCUT2D eigenvalue weighted by Gasteiger charge is 2.38. The Morgan fingerprint density at radius 1 is 1.24 bits per heavy atom. The molecule has 1 fully saturated rings. The van der Waals surface area contributed by atoms with Crippen LogP contribution in [0.3, 0.4) is 0 Å². The van der Waals surface area contributed by atoms with Crippen LogP contribution in [0, 0.1) is 0 Å². The fourth-order valence-corrected chi connectivity index (χ4v) is 3.74. The zero-order valence-electron chi connectivity index (χ0n) is 11.4. The van der Waals surface area contributed by atoms with Gasteiger partial charge in [-0.2, -0.15) is 4.31 Å². The van der Waals surface area contributed by atoms with Gasteiger partial charge in [0.25, 0.3) is 0 Å². The third kappa shape index (κ3) is 3.03. The third-order valence-electron chi connectivity index (χ3n) is 3.38. The molecule has 0 aliphatic heterocycles. The number of nitrogen functional groups attached to an aromatic ring is 1. The molecule has 2 aromatic rings. The number of sulfonamides is 1. The normalized spacial score (nSPS) is 15.3. The Bertz CT molecular complexity index is 712. The van der Waals surface area contributed by atoms with Gasteiger partial charge in [-0.1, -0.05) is 6.07 Å². The van der Waals surface area contributed by atoms with Crippen molar-refractivity contribution in [2.45, 2.75) is 30.3 Å². The molecule has 0 bridgehead atoms. The van der Waals surface area contributed by atoms with E-state index in [0.717, 1.165) is 18.4 Å². The average Bonchev–Trinajstić information content (AvgIpc) is 3.31. The molecule has 2 N–H and O–H groups in total. The lowest BCUT2D eigenvalue weighted by molar-refractivity contribution is 0.398. The number of nitrogens with two attached hydrogens (primary N) is 1. The first-order valence-corrected chi connectivity index (χ1v) is 8.13. The fraction of sp³-hybridized carbons (Fsp3) is 0.286. The SMILES string of the molecule is Nc1ccc(S(=O)(=O)N(Cc2cccnc2)C2CC2)cn1. The van der Waals surface area contributed by atoms with Gasteiger partial charge in [0.2, 0.25) is 10.0 Å². The smallest absolute Gasteiger partial charge is 0.245 e. The highest BCUT2D eigenvalue weighted by molar-refractivity contribution is 7.89. The van der Waals surface area contributed by atoms with Crippen molar-refractivity contribution in [2.75, 3.05) is 5.73 Å². The summed E-state index contributed by atoms with van der Waals surface area (Å²) in [5, 5.41) is 0. The lowest BCUT2D eigenvalue weighted by Crippen LogP contribution is -2.32. The van der Waals surface area contributed by atoms with Crippen LogP contribution in [0.5, 0.6) is 0 Å². The van der Waals surface area contributed by atoms with Crippen molar-refractivity contribution < 1.29 is 8.42 Å². The second kappa shape index (κ2) is 5.42. The second-order valence-corrected chi connectivity index (χ2v) is 6.95. The zero-order chi connectivity index (χ0) is 14.9. The molecule has 7 heteroatoms. The Kier molecular flexibility index (Phi) is 3.60. The Hall–Kier alpha value is -1.99. The topological polar surface area (TPSA) is 89.2 Å². The highest BCUT2D eigenvalue weighted by Crippen LogP contribution is 2.33. The highest BCUT2D eigenvalue weighted by atomic mass is 32.2. The average molecular weight is 304 g/mol. The molecule has 0 atom stereocenters. The monoisotopic (exact) mass is 304 g/mol. The molecule has 110 valence electrons. The van der Waals surface area contributed by atoms with Gasteiger partial charge in [0.1, 0.15) is 10.7 Å². The number of nitrogens with zero attached hydrogens (tertiary/aromatic N) is 3. The van der Waals surface area contributed by atoms with E-state index in [1.54, 1.807) is 18.5 Å². The number of hydrogen-bond acceptors (Lipinski definition) is 5. The predicted molar refractivity (Wildman–Crippen MR) is 78.6 cm³/mol. The van der Waals surface area contributed by atoms with Crippen molar-refractivity contribution in [1.29, 1.82) is 0 Å². The number of hydrogen-bond donors (Lipinski definition) is 1. The molecule has 0 aromatic carbocycles. The van der Waals surface area contributed by atoms with E-state index in [1.807, 2.05) is 6.07 Å². The zero-order valence-corrected chi connectivity index (χ0v) is 12.2. The minimum absolute atomic E-state index is 0.0627. The lowest BCUT2D eigenvalue weighted by Gasteiger charge is -2.21. The van der Waals surface area contributed by atoms with E-state index in [-0.39, 0.29) is 10.9 Å². The molecule has 0 radical (unpaired) electrons. The quantitative estimate of drug-likeness (QED) is 0.902. The summed E-state index contributed by atoms with van der Waals surface area (Å²) in [5.41, 5.74) is 6.39. The van der Waals surface area contributed by atoms with Crippen LogP contribution < -0.4 is 5.73 Å². The van der Waals surface area contributed by atoms with Crippen molar-refractivity contribution in [3.05, 3.63) is 48.4 Å².